The number of ether oxygens (including phenoxy) is 2. The third-order valence-corrected chi connectivity index (χ3v) is 11.8. The molecule has 3 aromatic rings. The van der Waals surface area contributed by atoms with Crippen LogP contribution in [0.4, 0.5) is 10.2 Å². The third-order valence-electron chi connectivity index (χ3n) is 7.22. The van der Waals surface area contributed by atoms with Gasteiger partial charge in [-0.15, -0.1) is 0 Å². The van der Waals surface area contributed by atoms with Crippen LogP contribution in [-0.4, -0.2) is 55.3 Å². The summed E-state index contributed by atoms with van der Waals surface area (Å²) >= 11 is 0. The maximum absolute atomic E-state index is 14.4. The van der Waals surface area contributed by atoms with Crippen molar-refractivity contribution in [2.24, 2.45) is 0 Å². The topological polar surface area (TPSA) is 78.2 Å². The molecular weight excluding hydrogens is 479 g/mol. The van der Waals surface area contributed by atoms with Gasteiger partial charge in [-0.1, -0.05) is 20.8 Å². The number of aromatic nitrogens is 3. The van der Waals surface area contributed by atoms with Crippen LogP contribution in [0.1, 0.15) is 56.1 Å². The van der Waals surface area contributed by atoms with Crippen LogP contribution < -0.4 is 9.64 Å². The number of hydrogen-bond donors (Lipinski definition) is 0. The molecule has 1 saturated heterocycles. The maximum Gasteiger partial charge on any atom is 0.343 e. The van der Waals surface area contributed by atoms with E-state index in [0.29, 0.717) is 35.7 Å². The minimum atomic E-state index is -2.06. The van der Waals surface area contributed by atoms with Gasteiger partial charge in [-0.05, 0) is 55.7 Å². The largest absolute Gasteiger partial charge is 0.496 e. The Morgan fingerprint density at radius 2 is 2.00 bits per heavy atom. The summed E-state index contributed by atoms with van der Waals surface area (Å²) in [6, 6.07) is 6.19. The monoisotopic (exact) mass is 514 g/mol. The van der Waals surface area contributed by atoms with Crippen molar-refractivity contribution in [1.82, 2.24) is 14.6 Å². The molecule has 0 radical (unpaired) electrons. The van der Waals surface area contributed by atoms with E-state index >= 15 is 0 Å². The molecule has 0 N–H and O–H groups in total. The summed E-state index contributed by atoms with van der Waals surface area (Å²) in [7, 11) is -0.472. The third kappa shape index (κ3) is 4.97. The van der Waals surface area contributed by atoms with E-state index < -0.39 is 14.3 Å². The Balaban J connectivity index is 1.77. The second-order valence-electron chi connectivity index (χ2n) is 10.6. The van der Waals surface area contributed by atoms with Crippen LogP contribution in [0.2, 0.25) is 18.1 Å². The van der Waals surface area contributed by atoms with Crippen molar-refractivity contribution in [3.63, 3.8) is 0 Å². The van der Waals surface area contributed by atoms with Crippen molar-refractivity contribution in [1.29, 1.82) is 0 Å². The average Bonchev–Trinajstić information content (AvgIpc) is 3.42. The molecule has 1 aromatic carbocycles. The Hall–Kier alpha value is -2.98. The summed E-state index contributed by atoms with van der Waals surface area (Å²) in [4.78, 5) is 19.4. The van der Waals surface area contributed by atoms with Crippen LogP contribution in [0, 0.1) is 5.82 Å². The van der Waals surface area contributed by atoms with Crippen molar-refractivity contribution < 1.29 is 23.1 Å². The van der Waals surface area contributed by atoms with Gasteiger partial charge in [0.2, 0.25) is 0 Å². The molecule has 10 heteroatoms. The van der Waals surface area contributed by atoms with Crippen molar-refractivity contribution in [3.05, 3.63) is 53.6 Å². The van der Waals surface area contributed by atoms with Gasteiger partial charge < -0.3 is 18.8 Å². The highest BCUT2D eigenvalue weighted by molar-refractivity contribution is 6.74. The lowest BCUT2D eigenvalue weighted by Crippen LogP contribution is -2.44. The van der Waals surface area contributed by atoms with E-state index in [2.05, 4.69) is 43.9 Å². The highest BCUT2D eigenvalue weighted by Gasteiger charge is 2.44. The lowest BCUT2D eigenvalue weighted by atomic mass is 10.0. The van der Waals surface area contributed by atoms with E-state index in [1.54, 1.807) is 30.8 Å². The van der Waals surface area contributed by atoms with Crippen molar-refractivity contribution in [3.8, 4) is 5.75 Å². The summed E-state index contributed by atoms with van der Waals surface area (Å²) in [5, 5.41) is 4.29. The number of esters is 1. The Morgan fingerprint density at radius 3 is 2.67 bits per heavy atom. The van der Waals surface area contributed by atoms with Gasteiger partial charge in [0.05, 0.1) is 32.1 Å². The van der Waals surface area contributed by atoms with Gasteiger partial charge >= 0.3 is 5.97 Å². The quantitative estimate of drug-likeness (QED) is 0.309. The molecule has 0 spiro atoms. The molecule has 8 nitrogen and oxygen atoms in total. The van der Waals surface area contributed by atoms with E-state index in [1.165, 1.54) is 18.3 Å². The smallest absolute Gasteiger partial charge is 0.343 e. The van der Waals surface area contributed by atoms with Gasteiger partial charge in [0, 0.05) is 18.3 Å². The SMILES string of the molecule is CCOC(=O)c1cnn2ccc(N3C[C@H](O[Si](C)(C)C(C)(C)C)C[C@@H]3c3cc(F)ccc3OC)nc12. The molecule has 194 valence electrons. The predicted octanol–water partition coefficient (Wildman–Crippen LogP) is 5.40. The normalized spacial score (nSPS) is 18.6. The summed E-state index contributed by atoms with van der Waals surface area (Å²) in [6.45, 7) is 13.7. The molecule has 1 aliphatic rings. The van der Waals surface area contributed by atoms with E-state index in [4.69, 9.17) is 18.9 Å². The first-order valence-electron chi connectivity index (χ1n) is 12.2. The molecule has 0 unspecified atom stereocenters. The maximum atomic E-state index is 14.4. The van der Waals surface area contributed by atoms with Crippen LogP contribution in [0.25, 0.3) is 5.65 Å². The Bertz CT molecular complexity index is 1260. The number of nitrogens with zero attached hydrogens (tertiary/aromatic N) is 4. The number of methoxy groups -OCH3 is 1. The standard InChI is InChI=1S/C26H35FN4O4Si/c1-8-34-25(32)20-15-28-31-12-11-23(29-24(20)31)30-16-18(35-36(6,7)26(2,3)4)14-21(30)19-13-17(27)9-10-22(19)33-5/h9-13,15,18,21H,8,14,16H2,1-7H3/t18-,21-/m1/s1. The van der Waals surface area contributed by atoms with E-state index in [0.717, 1.165) is 5.56 Å². The number of carbonyl (C=O) groups excluding carboxylic acids is 1. The Kier molecular flexibility index (Phi) is 7.11. The van der Waals surface area contributed by atoms with Crippen LogP contribution in [0.15, 0.2) is 36.7 Å². The van der Waals surface area contributed by atoms with Crippen LogP contribution >= 0.6 is 0 Å². The molecule has 0 aliphatic carbocycles. The highest BCUT2D eigenvalue weighted by Crippen LogP contribution is 2.44. The molecule has 4 rings (SSSR count). The fourth-order valence-electron chi connectivity index (χ4n) is 4.36. The van der Waals surface area contributed by atoms with E-state index in [1.807, 2.05) is 6.07 Å². The summed E-state index contributed by atoms with van der Waals surface area (Å²) in [5.74, 6) is 0.451. The number of benzene rings is 1. The van der Waals surface area contributed by atoms with Crippen molar-refractivity contribution in [2.75, 3.05) is 25.2 Å². The van der Waals surface area contributed by atoms with Crippen molar-refractivity contribution in [2.45, 2.75) is 64.4 Å². The summed E-state index contributed by atoms with van der Waals surface area (Å²) in [5.41, 5.74) is 1.44. The summed E-state index contributed by atoms with van der Waals surface area (Å²) in [6.07, 6.45) is 3.81. The second-order valence-corrected chi connectivity index (χ2v) is 15.4. The first-order chi connectivity index (χ1) is 16.9. The number of halogens is 1. The molecule has 0 amide bonds. The molecule has 0 saturated carbocycles. The molecule has 1 aliphatic heterocycles. The van der Waals surface area contributed by atoms with Crippen LogP contribution in [-0.2, 0) is 9.16 Å². The van der Waals surface area contributed by atoms with Gasteiger partial charge in [0.15, 0.2) is 14.0 Å². The molecule has 0 bridgehead atoms. The van der Waals surface area contributed by atoms with Crippen LogP contribution in [0.5, 0.6) is 5.75 Å². The second kappa shape index (κ2) is 9.82. The lowest BCUT2D eigenvalue weighted by molar-refractivity contribution is 0.0528. The zero-order valence-corrected chi connectivity index (χ0v) is 23.0. The molecule has 36 heavy (non-hydrogen) atoms. The first kappa shape index (κ1) is 26.1. The first-order valence-corrected chi connectivity index (χ1v) is 15.2. The molecule has 2 aromatic heterocycles. The minimum Gasteiger partial charge on any atom is -0.496 e. The molecule has 1 fully saturated rings. The van der Waals surface area contributed by atoms with Gasteiger partial charge in [-0.3, -0.25) is 0 Å². The fourth-order valence-corrected chi connectivity index (χ4v) is 5.72. The Labute approximate surface area is 212 Å². The zero-order valence-electron chi connectivity index (χ0n) is 22.0. The number of carbonyl (C=O) groups is 1. The van der Waals surface area contributed by atoms with E-state index in [-0.39, 0.29) is 29.6 Å². The lowest BCUT2D eigenvalue weighted by Gasteiger charge is -2.38. The predicted molar refractivity (Wildman–Crippen MR) is 139 cm³/mol. The van der Waals surface area contributed by atoms with Gasteiger partial charge in [-0.25, -0.2) is 18.7 Å². The fraction of sp³-hybridized carbons (Fsp3) is 0.500. The number of anilines is 1. The molecule has 3 heterocycles. The van der Waals surface area contributed by atoms with E-state index in [9.17, 15) is 9.18 Å². The molecule has 2 atom stereocenters. The molecular formula is C26H35FN4O4Si. The number of rotatable bonds is 7. The van der Waals surface area contributed by atoms with Crippen LogP contribution in [0.3, 0.4) is 0 Å². The zero-order chi connectivity index (χ0) is 26.3. The van der Waals surface area contributed by atoms with Crippen molar-refractivity contribution >= 4 is 25.8 Å². The Morgan fingerprint density at radius 1 is 1.25 bits per heavy atom. The number of fused-ring (bicyclic) bond motifs is 1. The summed E-state index contributed by atoms with van der Waals surface area (Å²) < 4.78 is 33.5. The highest BCUT2D eigenvalue weighted by atomic mass is 28.4. The van der Waals surface area contributed by atoms with Gasteiger partial charge in [0.1, 0.15) is 22.9 Å². The minimum absolute atomic E-state index is 0.0514. The number of hydrogen-bond acceptors (Lipinski definition) is 7. The van der Waals surface area contributed by atoms with Gasteiger partial charge in [0.25, 0.3) is 0 Å². The van der Waals surface area contributed by atoms with Gasteiger partial charge in [-0.2, -0.15) is 5.10 Å². The average molecular weight is 515 g/mol.